The molecule has 0 bridgehead atoms. The van der Waals surface area contributed by atoms with Crippen molar-refractivity contribution >= 4 is 13.7 Å². The van der Waals surface area contributed by atoms with E-state index in [1.807, 2.05) is 34.1 Å². The summed E-state index contributed by atoms with van der Waals surface area (Å²) >= 11 is 0. The summed E-state index contributed by atoms with van der Waals surface area (Å²) in [5, 5.41) is 13.4. The zero-order chi connectivity index (χ0) is 47.1. The lowest BCUT2D eigenvalue weighted by Gasteiger charge is -2.29. The molecule has 2 N–H and O–H groups in total. The van der Waals surface area contributed by atoms with Crippen molar-refractivity contribution in [1.82, 2.24) is 5.32 Å². The van der Waals surface area contributed by atoms with Crippen LogP contribution >= 0.6 is 7.82 Å². The summed E-state index contributed by atoms with van der Waals surface area (Å²) in [6.45, 7) is 4.22. The van der Waals surface area contributed by atoms with Crippen molar-refractivity contribution in [3.63, 3.8) is 0 Å². The highest BCUT2D eigenvalue weighted by Crippen LogP contribution is 2.38. The van der Waals surface area contributed by atoms with Gasteiger partial charge in [-0.1, -0.05) is 178 Å². The van der Waals surface area contributed by atoms with Gasteiger partial charge in [-0.3, -0.25) is 9.36 Å². The summed E-state index contributed by atoms with van der Waals surface area (Å²) in [6, 6.07) is -0.917. The van der Waals surface area contributed by atoms with Crippen LogP contribution in [0.25, 0.3) is 0 Å². The Kier molecular flexibility index (Phi) is 41.6. The van der Waals surface area contributed by atoms with Crippen molar-refractivity contribution in [3.8, 4) is 0 Å². The summed E-state index contributed by atoms with van der Waals surface area (Å²) in [6.07, 6.45) is 71.3. The van der Waals surface area contributed by atoms with Crippen molar-refractivity contribution < 1.29 is 32.9 Å². The number of amides is 1. The minimum atomic E-state index is -4.59. The Hall–Kier alpha value is -3.88. The van der Waals surface area contributed by atoms with Crippen LogP contribution in [-0.2, 0) is 18.4 Å². The van der Waals surface area contributed by atoms with Crippen LogP contribution in [0.15, 0.2) is 158 Å². The molecule has 0 saturated heterocycles. The topological polar surface area (TPSA) is 108 Å². The number of aliphatic hydroxyl groups is 1. The van der Waals surface area contributed by atoms with Crippen LogP contribution in [0.5, 0.6) is 0 Å². The standard InChI is InChI=1S/C55H87N2O6P/c1-6-8-10-11-12-13-14-15-16-17-18-19-20-21-22-23-24-25-26-27-28-29-30-31-32-33-34-35-36-37-38-39-40-41-42-43-44-45-47-49-55(59)56-53(54(58)48-46-9-7-2)52-63-64(60,61)62-51-50-57(3,4)5/h8,10,12-13,15-16,18-19,21-22,24-25,27-28,30-31,33-34,36-37,39-40,42-43,46,48,53-54,58H,6-7,9,11,14,17,20,23,26,29,32,35,38,41,44-45,47,49-52H2,1-5H3,(H-,56,59,60,61)/b10-8-,13-12-,16-15-,19-18-,22-21-,25-24-,28-27-,31-30-,34-33-,37-36-,40-39-,43-42-,48-46+. The number of quaternary nitrogens is 1. The van der Waals surface area contributed by atoms with Gasteiger partial charge in [-0.2, -0.15) is 0 Å². The summed E-state index contributed by atoms with van der Waals surface area (Å²) in [5.41, 5.74) is 0. The smallest absolute Gasteiger partial charge is 0.268 e. The number of nitrogens with zero attached hydrogens (tertiary/aromatic N) is 1. The molecular weight excluding hydrogens is 816 g/mol. The number of nitrogens with one attached hydrogen (secondary N) is 1. The van der Waals surface area contributed by atoms with Gasteiger partial charge in [0.25, 0.3) is 7.82 Å². The van der Waals surface area contributed by atoms with Crippen LogP contribution in [0.1, 0.15) is 129 Å². The molecule has 0 aliphatic carbocycles. The SMILES string of the molecule is CC/C=C\C/C=C\C/C=C\C/C=C\C/C=C\C/C=C\C/C=C\C/C=C\C/C=C\C/C=C\C/C=C\C/C=C\CCCCC(=O)NC(COP(=O)([O-])OCC[N+](C)(C)C)C(O)/C=C/CCC. The van der Waals surface area contributed by atoms with Crippen molar-refractivity contribution in [3.05, 3.63) is 158 Å². The molecule has 0 radical (unpaired) electrons. The number of hydrogen-bond donors (Lipinski definition) is 2. The van der Waals surface area contributed by atoms with Gasteiger partial charge in [-0.05, 0) is 103 Å². The van der Waals surface area contributed by atoms with E-state index < -0.39 is 26.6 Å². The number of aliphatic hydroxyl groups excluding tert-OH is 1. The Labute approximate surface area is 391 Å². The fraction of sp³-hybridized carbons (Fsp3) is 0.509. The lowest BCUT2D eigenvalue weighted by atomic mass is 10.1. The van der Waals surface area contributed by atoms with Crippen molar-refractivity contribution in [2.75, 3.05) is 40.9 Å². The van der Waals surface area contributed by atoms with E-state index in [0.29, 0.717) is 17.4 Å². The highest BCUT2D eigenvalue weighted by Gasteiger charge is 2.23. The number of carbonyl (C=O) groups excluding carboxylic acids is 1. The van der Waals surface area contributed by atoms with Crippen molar-refractivity contribution in [2.24, 2.45) is 0 Å². The summed E-state index contributed by atoms with van der Waals surface area (Å²) < 4.78 is 22.8. The van der Waals surface area contributed by atoms with Gasteiger partial charge in [-0.15, -0.1) is 0 Å². The molecule has 0 rings (SSSR count). The molecule has 1 amide bonds. The Morgan fingerprint density at radius 3 is 1.30 bits per heavy atom. The molecule has 0 heterocycles. The normalized spacial score (nSPS) is 15.5. The summed E-state index contributed by atoms with van der Waals surface area (Å²) in [7, 11) is 1.19. The van der Waals surface area contributed by atoms with Crippen molar-refractivity contribution in [2.45, 2.75) is 142 Å². The van der Waals surface area contributed by atoms with E-state index in [9.17, 15) is 19.4 Å². The van der Waals surface area contributed by atoms with E-state index in [4.69, 9.17) is 9.05 Å². The lowest BCUT2D eigenvalue weighted by molar-refractivity contribution is -0.870. The van der Waals surface area contributed by atoms with Gasteiger partial charge in [0, 0.05) is 6.42 Å². The number of rotatable bonds is 40. The maximum absolute atomic E-state index is 12.7. The Bertz CT molecular complexity index is 1580. The third kappa shape index (κ3) is 46.1. The van der Waals surface area contributed by atoms with Crippen molar-refractivity contribution in [1.29, 1.82) is 0 Å². The van der Waals surface area contributed by atoms with Crippen LogP contribution in [0, 0.1) is 0 Å². The second-order valence-corrected chi connectivity index (χ2v) is 17.8. The number of allylic oxidation sites excluding steroid dienone is 25. The first-order valence-corrected chi connectivity index (χ1v) is 25.3. The Morgan fingerprint density at radius 1 is 0.562 bits per heavy atom. The first kappa shape index (κ1) is 60.1. The van der Waals surface area contributed by atoms with E-state index in [0.717, 1.165) is 103 Å². The molecule has 0 saturated carbocycles. The van der Waals surface area contributed by atoms with Gasteiger partial charge in [0.05, 0.1) is 39.9 Å². The number of phosphoric ester groups is 1. The fourth-order valence-electron chi connectivity index (χ4n) is 5.49. The van der Waals surface area contributed by atoms with E-state index >= 15 is 0 Å². The number of likely N-dealkylation sites (N-methyl/N-ethyl adjacent to an activating group) is 1. The fourth-order valence-corrected chi connectivity index (χ4v) is 6.21. The van der Waals surface area contributed by atoms with Crippen LogP contribution in [0.2, 0.25) is 0 Å². The Balaban J connectivity index is 4.04. The highest BCUT2D eigenvalue weighted by atomic mass is 31.2. The lowest BCUT2D eigenvalue weighted by Crippen LogP contribution is -2.45. The maximum atomic E-state index is 12.7. The first-order chi connectivity index (χ1) is 31.0. The minimum absolute atomic E-state index is 0.0207. The predicted octanol–water partition coefficient (Wildman–Crippen LogP) is 13.3. The molecule has 3 atom stereocenters. The quantitative estimate of drug-likeness (QED) is 0.0274. The molecule has 3 unspecified atom stereocenters. The van der Waals surface area contributed by atoms with Crippen LogP contribution < -0.4 is 10.2 Å². The molecule has 0 aromatic heterocycles. The summed E-state index contributed by atoms with van der Waals surface area (Å²) in [5.74, 6) is -0.261. The molecular formula is C55H87N2O6P. The van der Waals surface area contributed by atoms with E-state index in [-0.39, 0.29) is 18.9 Å². The maximum Gasteiger partial charge on any atom is 0.268 e. The van der Waals surface area contributed by atoms with Gasteiger partial charge >= 0.3 is 0 Å². The zero-order valence-electron chi connectivity index (χ0n) is 40.4. The van der Waals surface area contributed by atoms with E-state index in [2.05, 4.69) is 158 Å². The average molecular weight is 903 g/mol. The van der Waals surface area contributed by atoms with Gasteiger partial charge in [-0.25, -0.2) is 0 Å². The monoisotopic (exact) mass is 903 g/mol. The van der Waals surface area contributed by atoms with Gasteiger partial charge < -0.3 is 28.8 Å². The molecule has 9 heteroatoms. The number of hydrogen-bond acceptors (Lipinski definition) is 6. The molecule has 0 spiro atoms. The molecule has 358 valence electrons. The number of phosphoric acid groups is 1. The minimum Gasteiger partial charge on any atom is -0.756 e. The molecule has 8 nitrogen and oxygen atoms in total. The van der Waals surface area contributed by atoms with E-state index in [1.165, 1.54) is 0 Å². The van der Waals surface area contributed by atoms with Crippen LogP contribution in [0.4, 0.5) is 0 Å². The molecule has 0 aliphatic rings. The molecule has 0 aromatic carbocycles. The molecule has 0 aliphatic heterocycles. The Morgan fingerprint density at radius 2 is 0.938 bits per heavy atom. The van der Waals surface area contributed by atoms with Gasteiger partial charge in [0.1, 0.15) is 13.2 Å². The van der Waals surface area contributed by atoms with Crippen LogP contribution in [0.3, 0.4) is 0 Å². The molecule has 64 heavy (non-hydrogen) atoms. The largest absolute Gasteiger partial charge is 0.756 e. The molecule has 0 fully saturated rings. The van der Waals surface area contributed by atoms with Crippen LogP contribution in [-0.4, -0.2) is 68.5 Å². The van der Waals surface area contributed by atoms with Gasteiger partial charge in [0.15, 0.2) is 0 Å². The number of carbonyl (C=O) groups is 1. The third-order valence-corrected chi connectivity index (χ3v) is 10.2. The third-order valence-electron chi connectivity index (χ3n) is 9.23. The number of unbranched alkanes of at least 4 members (excludes halogenated alkanes) is 3. The zero-order valence-corrected chi connectivity index (χ0v) is 41.3. The average Bonchev–Trinajstić information content (AvgIpc) is 3.25. The first-order valence-electron chi connectivity index (χ1n) is 23.8. The second kappa shape index (κ2) is 44.3. The summed E-state index contributed by atoms with van der Waals surface area (Å²) in [4.78, 5) is 24.9. The van der Waals surface area contributed by atoms with E-state index in [1.54, 1.807) is 6.08 Å². The van der Waals surface area contributed by atoms with Gasteiger partial charge in [0.2, 0.25) is 5.91 Å². The second-order valence-electron chi connectivity index (χ2n) is 16.4. The predicted molar refractivity (Wildman–Crippen MR) is 274 cm³/mol. The highest BCUT2D eigenvalue weighted by molar-refractivity contribution is 7.45. The molecule has 0 aromatic rings.